The quantitative estimate of drug-likeness (QED) is 0.763. The van der Waals surface area contributed by atoms with Gasteiger partial charge in [-0.3, -0.25) is 0 Å². The number of halogens is 3. The largest absolute Gasteiger partial charge is 0.341 e. The number of nitrogens with zero attached hydrogens (tertiary/aromatic N) is 4. The monoisotopic (exact) mass is 396 g/mol. The highest BCUT2D eigenvalue weighted by Crippen LogP contribution is 2.32. The maximum absolute atomic E-state index is 13.5. The molecule has 0 radical (unpaired) electrons. The Kier molecular flexibility index (Phi) is 4.80. The molecule has 1 fully saturated rings. The molecule has 1 atom stereocenters. The number of nitriles is 1. The summed E-state index contributed by atoms with van der Waals surface area (Å²) in [6.45, 7) is 0.661. The van der Waals surface area contributed by atoms with Crippen molar-refractivity contribution in [3.8, 4) is 6.07 Å². The summed E-state index contributed by atoms with van der Waals surface area (Å²) in [5.74, 6) is -1.90. The van der Waals surface area contributed by atoms with Gasteiger partial charge in [0.1, 0.15) is 17.5 Å². The molecule has 146 valence electrons. The van der Waals surface area contributed by atoms with Crippen LogP contribution in [0.2, 0.25) is 0 Å². The van der Waals surface area contributed by atoms with E-state index in [-0.39, 0.29) is 11.6 Å². The van der Waals surface area contributed by atoms with Crippen LogP contribution in [0, 0.1) is 28.8 Å². The van der Waals surface area contributed by atoms with E-state index < -0.39 is 23.5 Å². The summed E-state index contributed by atoms with van der Waals surface area (Å²) in [4.78, 5) is 14.3. The average molecular weight is 396 g/mol. The Balaban J connectivity index is 1.46. The zero-order chi connectivity index (χ0) is 20.5. The molecule has 1 unspecified atom stereocenters. The zero-order valence-electron chi connectivity index (χ0n) is 15.1. The predicted molar refractivity (Wildman–Crippen MR) is 100 cm³/mol. The lowest BCUT2D eigenvalue weighted by Gasteiger charge is -2.37. The molecule has 2 heterocycles. The number of hydrazone groups is 1. The molecule has 0 aromatic heterocycles. The first-order chi connectivity index (χ1) is 13.9. The Hall–Kier alpha value is -3.60. The van der Waals surface area contributed by atoms with Gasteiger partial charge in [0, 0.05) is 31.8 Å². The minimum atomic E-state index is -0.707. The lowest BCUT2D eigenvalue weighted by atomic mass is 10.0. The minimum absolute atomic E-state index is 0.222. The van der Waals surface area contributed by atoms with Gasteiger partial charge in [-0.15, -0.1) is 0 Å². The van der Waals surface area contributed by atoms with Gasteiger partial charge in [0.25, 0.3) is 0 Å². The second kappa shape index (κ2) is 7.43. The van der Waals surface area contributed by atoms with Gasteiger partial charge in [0.2, 0.25) is 0 Å². The second-order valence-electron chi connectivity index (χ2n) is 6.88. The van der Waals surface area contributed by atoms with Crippen LogP contribution in [0.4, 0.5) is 18.0 Å². The third-order valence-corrected chi connectivity index (χ3v) is 4.85. The van der Waals surface area contributed by atoms with Crippen molar-refractivity contribution in [3.63, 3.8) is 0 Å². The fourth-order valence-corrected chi connectivity index (χ4v) is 3.43. The summed E-state index contributed by atoms with van der Waals surface area (Å²) in [6.07, 6.45) is 3.67. The molecule has 0 aliphatic carbocycles. The van der Waals surface area contributed by atoms with Crippen LogP contribution in [0.5, 0.6) is 0 Å². The predicted octanol–water partition coefficient (Wildman–Crippen LogP) is 4.23. The molecule has 8 heteroatoms. The molecule has 4 rings (SSSR count). The van der Waals surface area contributed by atoms with Crippen LogP contribution in [0.3, 0.4) is 0 Å². The summed E-state index contributed by atoms with van der Waals surface area (Å²) in [7, 11) is 0. The summed E-state index contributed by atoms with van der Waals surface area (Å²) >= 11 is 0. The first-order valence-electron chi connectivity index (χ1n) is 8.90. The van der Waals surface area contributed by atoms with Crippen molar-refractivity contribution in [2.75, 3.05) is 13.1 Å². The van der Waals surface area contributed by atoms with Crippen LogP contribution in [0.15, 0.2) is 47.1 Å². The van der Waals surface area contributed by atoms with Crippen molar-refractivity contribution in [2.24, 2.45) is 5.10 Å². The summed E-state index contributed by atoms with van der Waals surface area (Å²) in [5.41, 5.74) is 2.05. The average Bonchev–Trinajstić information content (AvgIpc) is 3.14. The third-order valence-electron chi connectivity index (χ3n) is 4.85. The van der Waals surface area contributed by atoms with E-state index in [4.69, 9.17) is 5.26 Å². The number of hydrogen-bond donors (Lipinski definition) is 0. The zero-order valence-corrected chi connectivity index (χ0v) is 15.1. The van der Waals surface area contributed by atoms with E-state index in [0.29, 0.717) is 30.6 Å². The van der Waals surface area contributed by atoms with Crippen molar-refractivity contribution in [3.05, 3.63) is 76.1 Å². The van der Waals surface area contributed by atoms with Crippen molar-refractivity contribution >= 4 is 18.3 Å². The number of urea groups is 1. The van der Waals surface area contributed by atoms with Gasteiger partial charge >= 0.3 is 6.03 Å². The van der Waals surface area contributed by atoms with Crippen LogP contribution in [-0.2, 0) is 0 Å². The van der Waals surface area contributed by atoms with Gasteiger partial charge in [-0.2, -0.15) is 10.4 Å². The molecule has 0 bridgehead atoms. The van der Waals surface area contributed by atoms with Gasteiger partial charge < -0.3 is 4.90 Å². The van der Waals surface area contributed by atoms with E-state index in [1.807, 2.05) is 6.07 Å². The van der Waals surface area contributed by atoms with E-state index in [1.165, 1.54) is 34.2 Å². The second-order valence-corrected chi connectivity index (χ2v) is 6.88. The molecule has 1 saturated heterocycles. The Morgan fingerprint density at radius 2 is 1.83 bits per heavy atom. The van der Waals surface area contributed by atoms with Crippen LogP contribution < -0.4 is 0 Å². The molecule has 2 aromatic rings. The van der Waals surface area contributed by atoms with Crippen molar-refractivity contribution in [1.82, 2.24) is 9.91 Å². The van der Waals surface area contributed by atoms with Crippen molar-refractivity contribution < 1.29 is 18.0 Å². The Bertz CT molecular complexity index is 1060. The summed E-state index contributed by atoms with van der Waals surface area (Å²) in [6, 6.07) is 8.14. The van der Waals surface area contributed by atoms with Crippen LogP contribution in [0.25, 0.3) is 6.08 Å². The molecular weight excluding hydrogens is 381 g/mol. The van der Waals surface area contributed by atoms with E-state index in [1.54, 1.807) is 12.3 Å². The van der Waals surface area contributed by atoms with E-state index in [2.05, 4.69) is 5.10 Å². The molecule has 0 spiro atoms. The molecule has 2 amide bonds. The van der Waals surface area contributed by atoms with E-state index in [9.17, 15) is 18.0 Å². The number of rotatable bonds is 2. The first-order valence-corrected chi connectivity index (χ1v) is 8.90. The maximum atomic E-state index is 13.5. The number of amides is 2. The molecular formula is C21H15F3N4O. The minimum Gasteiger partial charge on any atom is -0.315 e. The van der Waals surface area contributed by atoms with Gasteiger partial charge in [-0.1, -0.05) is 12.1 Å². The Morgan fingerprint density at radius 1 is 1.10 bits per heavy atom. The van der Waals surface area contributed by atoms with Gasteiger partial charge in [-0.25, -0.2) is 23.0 Å². The van der Waals surface area contributed by atoms with Gasteiger partial charge in [0.15, 0.2) is 0 Å². The number of likely N-dealkylation sites (tertiary alicyclic amines) is 1. The number of hydrogen-bond acceptors (Lipinski definition) is 3. The maximum Gasteiger partial charge on any atom is 0.341 e. The highest BCUT2D eigenvalue weighted by molar-refractivity contribution is 5.81. The number of carbonyl (C=O) groups excluding carboxylic acids is 1. The molecule has 5 nitrogen and oxygen atoms in total. The van der Waals surface area contributed by atoms with E-state index >= 15 is 0 Å². The molecule has 0 N–H and O–H groups in total. The lowest BCUT2D eigenvalue weighted by Crippen LogP contribution is -2.49. The topological polar surface area (TPSA) is 59.7 Å². The normalized spacial score (nSPS) is 17.9. The van der Waals surface area contributed by atoms with Crippen molar-refractivity contribution in [1.29, 1.82) is 5.26 Å². The standard InChI is InChI=1S/C21H15F3N4O/c22-17-2-1-14(16(8-17)10-25)5-13-11-27(12-13)21(29)28-20(3-4-26-28)15-6-18(23)9-19(24)7-15/h1-2,4-9,20H,3,11-12H2. The first kappa shape index (κ1) is 18.7. The van der Waals surface area contributed by atoms with Crippen LogP contribution in [0.1, 0.15) is 29.2 Å². The fraction of sp³-hybridized carbons (Fsp3) is 0.190. The van der Waals surface area contributed by atoms with Crippen molar-refractivity contribution in [2.45, 2.75) is 12.5 Å². The molecule has 2 aromatic carbocycles. The highest BCUT2D eigenvalue weighted by Gasteiger charge is 2.35. The number of carbonyl (C=O) groups is 1. The molecule has 2 aliphatic heterocycles. The number of benzene rings is 2. The Morgan fingerprint density at radius 3 is 2.52 bits per heavy atom. The smallest absolute Gasteiger partial charge is 0.315 e. The van der Waals surface area contributed by atoms with Gasteiger partial charge in [0.05, 0.1) is 17.7 Å². The lowest BCUT2D eigenvalue weighted by molar-refractivity contribution is 0.136. The highest BCUT2D eigenvalue weighted by atomic mass is 19.1. The molecule has 2 aliphatic rings. The third kappa shape index (κ3) is 3.72. The van der Waals surface area contributed by atoms with Crippen LogP contribution >= 0.6 is 0 Å². The van der Waals surface area contributed by atoms with Crippen LogP contribution in [-0.4, -0.2) is 35.2 Å². The molecule has 29 heavy (non-hydrogen) atoms. The van der Waals surface area contributed by atoms with Gasteiger partial charge in [-0.05, 0) is 41.0 Å². The SMILES string of the molecule is N#Cc1cc(F)ccc1C=C1CN(C(=O)N2N=CCC2c2cc(F)cc(F)c2)C1. The summed E-state index contributed by atoms with van der Waals surface area (Å²) < 4.78 is 40.3. The Labute approximate surface area is 165 Å². The fourth-order valence-electron chi connectivity index (χ4n) is 3.43. The van der Waals surface area contributed by atoms with E-state index in [0.717, 1.165) is 17.7 Å². The molecule has 0 saturated carbocycles. The summed E-state index contributed by atoms with van der Waals surface area (Å²) in [5, 5.41) is 14.4.